The van der Waals surface area contributed by atoms with E-state index in [4.69, 9.17) is 0 Å². The first-order chi connectivity index (χ1) is 8.66. The molecule has 0 aliphatic carbocycles. The lowest BCUT2D eigenvalue weighted by Gasteiger charge is -2.06. The molecule has 0 radical (unpaired) electrons. The van der Waals surface area contributed by atoms with Crippen LogP contribution in [-0.4, -0.2) is 30.4 Å². The van der Waals surface area contributed by atoms with Crippen LogP contribution in [0.3, 0.4) is 0 Å². The molecule has 0 unspecified atom stereocenters. The maximum Gasteiger partial charge on any atom is 0.299 e. The van der Waals surface area contributed by atoms with Crippen LogP contribution in [-0.2, 0) is 4.79 Å². The molecule has 0 saturated carbocycles. The topological polar surface area (TPSA) is 94.2 Å². The van der Waals surface area contributed by atoms with Gasteiger partial charge in [-0.1, -0.05) is 0 Å². The molecule has 90 valence electrons. The number of hydrogen-bond donors (Lipinski definition) is 1. The molecular weight excluding hydrogens is 236 g/mol. The molecule has 3 rings (SSSR count). The maximum atomic E-state index is 12.0. The van der Waals surface area contributed by atoms with E-state index < -0.39 is 5.56 Å². The molecular formula is C10H8N6O2. The van der Waals surface area contributed by atoms with Crippen molar-refractivity contribution >= 4 is 22.6 Å². The maximum absolute atomic E-state index is 12.0. The lowest BCUT2D eigenvalue weighted by molar-refractivity contribution is -0.115. The summed E-state index contributed by atoms with van der Waals surface area (Å²) in [7, 11) is 0. The molecule has 0 spiro atoms. The van der Waals surface area contributed by atoms with Gasteiger partial charge in [0.05, 0.1) is 6.20 Å². The molecule has 3 aromatic rings. The normalized spacial score (nSPS) is 10.9. The van der Waals surface area contributed by atoms with Gasteiger partial charge in [0.15, 0.2) is 11.2 Å². The van der Waals surface area contributed by atoms with Gasteiger partial charge in [-0.05, 0) is 6.07 Å². The highest BCUT2D eigenvalue weighted by atomic mass is 16.2. The summed E-state index contributed by atoms with van der Waals surface area (Å²) in [4.78, 5) is 23.0. The number of carbonyl (C=O) groups is 1. The quantitative estimate of drug-likeness (QED) is 0.624. The number of rotatable bonds is 1. The fraction of sp³-hybridized carbons (Fsp3) is 0.100. The van der Waals surface area contributed by atoms with Gasteiger partial charge in [0.25, 0.3) is 5.56 Å². The Kier molecular flexibility index (Phi) is 2.09. The SMILES string of the molecule is CC(=O)Nn1ccc2c(nnc3ccnn32)c1=O. The standard InChI is InChI=1S/C10H8N6O2/c1-6(17)14-15-5-3-7-9(10(15)18)13-12-8-2-4-11-16(7)8/h2-5H,1H3,(H,14,17). The van der Waals surface area contributed by atoms with Crippen LogP contribution < -0.4 is 11.0 Å². The predicted molar refractivity (Wildman–Crippen MR) is 62.6 cm³/mol. The summed E-state index contributed by atoms with van der Waals surface area (Å²) in [5, 5.41) is 11.8. The summed E-state index contributed by atoms with van der Waals surface area (Å²) in [6.45, 7) is 1.32. The second kappa shape index (κ2) is 3.62. The van der Waals surface area contributed by atoms with E-state index >= 15 is 0 Å². The minimum Gasteiger partial charge on any atom is -0.274 e. The monoisotopic (exact) mass is 244 g/mol. The van der Waals surface area contributed by atoms with Crippen molar-refractivity contribution in [2.24, 2.45) is 0 Å². The molecule has 0 aliphatic heterocycles. The summed E-state index contributed by atoms with van der Waals surface area (Å²) in [6.07, 6.45) is 3.03. The molecule has 0 atom stereocenters. The predicted octanol–water partition coefficient (Wildman–Crippen LogP) is -0.471. The molecule has 0 bridgehead atoms. The number of fused-ring (bicyclic) bond motifs is 3. The Morgan fingerprint density at radius 3 is 2.94 bits per heavy atom. The number of amides is 1. The smallest absolute Gasteiger partial charge is 0.274 e. The Balaban J connectivity index is 2.35. The van der Waals surface area contributed by atoms with Gasteiger partial charge in [-0.2, -0.15) is 5.10 Å². The first-order valence-corrected chi connectivity index (χ1v) is 5.16. The summed E-state index contributed by atoms with van der Waals surface area (Å²) >= 11 is 0. The van der Waals surface area contributed by atoms with Gasteiger partial charge >= 0.3 is 0 Å². The van der Waals surface area contributed by atoms with Crippen molar-refractivity contribution in [1.29, 1.82) is 0 Å². The molecule has 1 amide bonds. The van der Waals surface area contributed by atoms with E-state index in [1.165, 1.54) is 17.6 Å². The Morgan fingerprint density at radius 1 is 1.33 bits per heavy atom. The number of aromatic nitrogens is 5. The van der Waals surface area contributed by atoms with Crippen LogP contribution in [0, 0.1) is 0 Å². The molecule has 3 aromatic heterocycles. The van der Waals surface area contributed by atoms with Gasteiger partial charge < -0.3 is 0 Å². The first-order valence-electron chi connectivity index (χ1n) is 5.16. The fourth-order valence-corrected chi connectivity index (χ4v) is 1.70. The summed E-state index contributed by atoms with van der Waals surface area (Å²) in [5.41, 5.74) is 3.16. The average Bonchev–Trinajstić information content (AvgIpc) is 2.80. The summed E-state index contributed by atoms with van der Waals surface area (Å²) in [5.74, 6) is -0.343. The summed E-state index contributed by atoms with van der Waals surface area (Å²) < 4.78 is 2.58. The molecule has 3 heterocycles. The van der Waals surface area contributed by atoms with Crippen LogP contribution in [0.2, 0.25) is 0 Å². The van der Waals surface area contributed by atoms with Crippen LogP contribution >= 0.6 is 0 Å². The van der Waals surface area contributed by atoms with E-state index in [2.05, 4.69) is 20.7 Å². The van der Waals surface area contributed by atoms with E-state index in [-0.39, 0.29) is 11.4 Å². The van der Waals surface area contributed by atoms with Crippen molar-refractivity contribution in [2.45, 2.75) is 6.92 Å². The van der Waals surface area contributed by atoms with Gasteiger partial charge in [-0.25, -0.2) is 9.19 Å². The van der Waals surface area contributed by atoms with Crippen LogP contribution in [0.5, 0.6) is 0 Å². The third-order valence-corrected chi connectivity index (χ3v) is 2.43. The highest BCUT2D eigenvalue weighted by Gasteiger charge is 2.09. The lowest BCUT2D eigenvalue weighted by atomic mass is 10.4. The van der Waals surface area contributed by atoms with E-state index in [0.717, 1.165) is 4.68 Å². The van der Waals surface area contributed by atoms with Gasteiger partial charge in [0.1, 0.15) is 5.52 Å². The summed E-state index contributed by atoms with van der Waals surface area (Å²) in [6, 6.07) is 3.33. The first kappa shape index (κ1) is 10.4. The van der Waals surface area contributed by atoms with E-state index in [1.807, 2.05) is 0 Å². The van der Waals surface area contributed by atoms with Crippen molar-refractivity contribution in [3.05, 3.63) is 34.9 Å². The van der Waals surface area contributed by atoms with Crippen LogP contribution in [0.25, 0.3) is 16.7 Å². The van der Waals surface area contributed by atoms with E-state index in [9.17, 15) is 9.59 Å². The largest absolute Gasteiger partial charge is 0.299 e. The molecule has 0 saturated heterocycles. The van der Waals surface area contributed by atoms with Crippen molar-refractivity contribution < 1.29 is 4.79 Å². The molecule has 1 N–H and O–H groups in total. The molecule has 8 nitrogen and oxygen atoms in total. The van der Waals surface area contributed by atoms with E-state index in [0.29, 0.717) is 11.2 Å². The van der Waals surface area contributed by atoms with Crippen LogP contribution in [0.1, 0.15) is 6.92 Å². The second-order valence-electron chi connectivity index (χ2n) is 3.69. The zero-order valence-corrected chi connectivity index (χ0v) is 9.36. The zero-order valence-electron chi connectivity index (χ0n) is 9.36. The second-order valence-corrected chi connectivity index (χ2v) is 3.69. The Hall–Kier alpha value is -2.77. The van der Waals surface area contributed by atoms with Crippen LogP contribution in [0.15, 0.2) is 29.3 Å². The average molecular weight is 244 g/mol. The fourth-order valence-electron chi connectivity index (χ4n) is 1.70. The molecule has 0 fully saturated rings. The van der Waals surface area contributed by atoms with Crippen molar-refractivity contribution in [2.75, 3.05) is 5.43 Å². The van der Waals surface area contributed by atoms with Crippen molar-refractivity contribution in [3.63, 3.8) is 0 Å². The highest BCUT2D eigenvalue weighted by Crippen LogP contribution is 2.07. The number of carbonyl (C=O) groups excluding carboxylic acids is 1. The number of nitrogens with one attached hydrogen (secondary N) is 1. The van der Waals surface area contributed by atoms with E-state index in [1.54, 1.807) is 18.3 Å². The number of pyridine rings is 1. The minimum atomic E-state index is -0.451. The number of nitrogens with zero attached hydrogens (tertiary/aromatic N) is 5. The zero-order chi connectivity index (χ0) is 12.7. The van der Waals surface area contributed by atoms with Crippen molar-refractivity contribution in [1.82, 2.24) is 24.5 Å². The Labute approximate surface area is 99.8 Å². The van der Waals surface area contributed by atoms with Gasteiger partial charge in [0, 0.05) is 19.2 Å². The van der Waals surface area contributed by atoms with Crippen molar-refractivity contribution in [3.8, 4) is 0 Å². The Bertz CT molecular complexity index is 818. The third kappa shape index (κ3) is 1.43. The molecule has 0 aliphatic rings. The third-order valence-electron chi connectivity index (χ3n) is 2.43. The van der Waals surface area contributed by atoms with Gasteiger partial charge in [0.2, 0.25) is 5.91 Å². The minimum absolute atomic E-state index is 0.141. The molecule has 18 heavy (non-hydrogen) atoms. The Morgan fingerprint density at radius 2 is 2.17 bits per heavy atom. The van der Waals surface area contributed by atoms with Gasteiger partial charge in [-0.15, -0.1) is 10.2 Å². The molecule has 8 heteroatoms. The van der Waals surface area contributed by atoms with Crippen LogP contribution in [0.4, 0.5) is 0 Å². The van der Waals surface area contributed by atoms with Gasteiger partial charge in [-0.3, -0.25) is 15.0 Å². The lowest BCUT2D eigenvalue weighted by Crippen LogP contribution is -2.32. The number of hydrogen-bond acceptors (Lipinski definition) is 5. The molecule has 0 aromatic carbocycles. The highest BCUT2D eigenvalue weighted by molar-refractivity contribution is 5.81.